The molecule has 11 heavy (non-hydrogen) atoms. The van der Waals surface area contributed by atoms with Crippen LogP contribution in [0.15, 0.2) is 0 Å². The lowest BCUT2D eigenvalue weighted by Crippen LogP contribution is -2.40. The highest BCUT2D eigenvalue weighted by Gasteiger charge is 2.17. The van der Waals surface area contributed by atoms with Gasteiger partial charge in [0.05, 0.1) is 7.11 Å². The van der Waals surface area contributed by atoms with E-state index < -0.39 is 12.5 Å². The molecular formula is C5H13NO4Si. The molecule has 0 aromatic carbocycles. The highest BCUT2D eigenvalue weighted by Crippen LogP contribution is 1.98. The second-order valence-corrected chi connectivity index (χ2v) is 2.82. The van der Waals surface area contributed by atoms with Crippen molar-refractivity contribution in [3.8, 4) is 0 Å². The van der Waals surface area contributed by atoms with Gasteiger partial charge in [-0.2, -0.15) is 0 Å². The highest BCUT2D eigenvalue weighted by molar-refractivity contribution is 6.12. The Labute approximate surface area is 68.7 Å². The molecule has 0 saturated heterocycles. The molecule has 0 aromatic heterocycles. The predicted molar refractivity (Wildman–Crippen MR) is 42.0 cm³/mol. The van der Waals surface area contributed by atoms with Gasteiger partial charge in [0.1, 0.15) is 10.4 Å². The SMILES string of the molecule is COC(=O)N([SiH3])C(OC)OC. The van der Waals surface area contributed by atoms with Crippen molar-refractivity contribution >= 4 is 16.5 Å². The lowest BCUT2D eigenvalue weighted by atomic mass is 10.9. The lowest BCUT2D eigenvalue weighted by Gasteiger charge is -2.24. The Morgan fingerprint density at radius 1 is 1.36 bits per heavy atom. The molecule has 0 aliphatic carbocycles. The fourth-order valence-electron chi connectivity index (χ4n) is 0.643. The zero-order valence-corrected chi connectivity index (χ0v) is 9.16. The normalized spacial score (nSPS) is 10.2. The monoisotopic (exact) mass is 179 g/mol. The van der Waals surface area contributed by atoms with Gasteiger partial charge in [0.15, 0.2) is 0 Å². The van der Waals surface area contributed by atoms with E-state index in [-0.39, 0.29) is 0 Å². The summed E-state index contributed by atoms with van der Waals surface area (Å²) in [6.45, 7) is 0. The number of hydrogen-bond acceptors (Lipinski definition) is 4. The fourth-order valence-corrected chi connectivity index (χ4v) is 1.25. The average molecular weight is 179 g/mol. The van der Waals surface area contributed by atoms with Crippen LogP contribution in [0.3, 0.4) is 0 Å². The van der Waals surface area contributed by atoms with E-state index in [9.17, 15) is 4.79 Å². The first-order valence-corrected chi connectivity index (χ1v) is 3.93. The van der Waals surface area contributed by atoms with E-state index in [2.05, 4.69) is 4.74 Å². The molecule has 0 aliphatic heterocycles. The first-order valence-electron chi connectivity index (χ1n) is 3.03. The quantitative estimate of drug-likeness (QED) is 0.408. The zero-order chi connectivity index (χ0) is 8.85. The van der Waals surface area contributed by atoms with Crippen molar-refractivity contribution in [2.75, 3.05) is 21.3 Å². The van der Waals surface area contributed by atoms with E-state index in [0.29, 0.717) is 10.4 Å². The molecule has 0 N–H and O–H groups in total. The van der Waals surface area contributed by atoms with E-state index in [0.717, 1.165) is 0 Å². The largest absolute Gasteiger partial charge is 0.453 e. The topological polar surface area (TPSA) is 48.0 Å². The van der Waals surface area contributed by atoms with Gasteiger partial charge >= 0.3 is 6.09 Å². The Morgan fingerprint density at radius 3 is 2.09 bits per heavy atom. The van der Waals surface area contributed by atoms with Crippen molar-refractivity contribution in [2.24, 2.45) is 0 Å². The van der Waals surface area contributed by atoms with Crippen LogP contribution in [0.5, 0.6) is 0 Å². The summed E-state index contributed by atoms with van der Waals surface area (Å²) in [5.74, 6) is 0. The number of rotatable bonds is 3. The minimum atomic E-state index is -0.630. The summed E-state index contributed by atoms with van der Waals surface area (Å²) in [4.78, 5) is 10.8. The first-order chi connectivity index (χ1) is 5.17. The van der Waals surface area contributed by atoms with E-state index in [1.807, 2.05) is 0 Å². The first kappa shape index (κ1) is 10.4. The smallest absolute Gasteiger partial charge is 0.404 e. The van der Waals surface area contributed by atoms with Gasteiger partial charge in [-0.1, -0.05) is 0 Å². The number of ether oxygens (including phenoxy) is 3. The maximum absolute atomic E-state index is 10.8. The summed E-state index contributed by atoms with van der Waals surface area (Å²) in [5.41, 5.74) is 0. The van der Waals surface area contributed by atoms with Crippen LogP contribution in [0, 0.1) is 0 Å². The van der Waals surface area contributed by atoms with Gasteiger partial charge < -0.3 is 14.2 Å². The molecule has 0 saturated carbocycles. The Bertz CT molecular complexity index is 128. The van der Waals surface area contributed by atoms with Gasteiger partial charge in [-0.15, -0.1) is 0 Å². The number of carbonyl (C=O) groups excluding carboxylic acids is 1. The molecule has 0 aromatic rings. The van der Waals surface area contributed by atoms with Gasteiger partial charge in [-0.25, -0.2) is 4.79 Å². The minimum Gasteiger partial charge on any atom is -0.453 e. The van der Waals surface area contributed by atoms with Crippen LogP contribution in [0.1, 0.15) is 0 Å². The molecular weight excluding hydrogens is 166 g/mol. The summed E-state index contributed by atoms with van der Waals surface area (Å²) in [7, 11) is 4.73. The van der Waals surface area contributed by atoms with Crippen LogP contribution in [0.25, 0.3) is 0 Å². The minimum absolute atomic E-state index is 0.439. The molecule has 0 fully saturated rings. The Kier molecular flexibility index (Phi) is 4.83. The van der Waals surface area contributed by atoms with Crippen LogP contribution >= 0.6 is 0 Å². The highest BCUT2D eigenvalue weighted by atomic mass is 28.2. The number of amides is 1. The van der Waals surface area contributed by atoms with Gasteiger partial charge in [0.25, 0.3) is 0 Å². The third-order valence-electron chi connectivity index (χ3n) is 1.18. The summed E-state index contributed by atoms with van der Waals surface area (Å²) in [6.07, 6.45) is -1.07. The predicted octanol–water partition coefficient (Wildman–Crippen LogP) is -1.09. The van der Waals surface area contributed by atoms with Crippen LogP contribution in [0.4, 0.5) is 4.79 Å². The number of methoxy groups -OCH3 is 3. The van der Waals surface area contributed by atoms with Gasteiger partial charge in [0.2, 0.25) is 6.41 Å². The number of hydrogen-bond donors (Lipinski definition) is 0. The van der Waals surface area contributed by atoms with Crippen molar-refractivity contribution in [1.29, 1.82) is 0 Å². The molecule has 1 amide bonds. The summed E-state index contributed by atoms with van der Waals surface area (Å²) in [6, 6.07) is 0. The van der Waals surface area contributed by atoms with Gasteiger partial charge in [0, 0.05) is 14.2 Å². The summed E-state index contributed by atoms with van der Waals surface area (Å²) < 4.78 is 15.4. The van der Waals surface area contributed by atoms with Crippen molar-refractivity contribution in [1.82, 2.24) is 4.57 Å². The van der Waals surface area contributed by atoms with E-state index in [1.165, 1.54) is 25.9 Å². The third-order valence-corrected chi connectivity index (χ3v) is 1.97. The lowest BCUT2D eigenvalue weighted by molar-refractivity contribution is -0.156. The Hall–Kier alpha value is -0.593. The van der Waals surface area contributed by atoms with Crippen molar-refractivity contribution in [3.63, 3.8) is 0 Å². The molecule has 0 aliphatic rings. The molecule has 0 spiro atoms. The summed E-state index contributed by atoms with van der Waals surface area (Å²) >= 11 is 0. The van der Waals surface area contributed by atoms with E-state index in [4.69, 9.17) is 9.47 Å². The van der Waals surface area contributed by atoms with E-state index in [1.54, 1.807) is 0 Å². The van der Waals surface area contributed by atoms with E-state index >= 15 is 0 Å². The molecule has 0 bridgehead atoms. The van der Waals surface area contributed by atoms with Crippen molar-refractivity contribution in [3.05, 3.63) is 0 Å². The maximum atomic E-state index is 10.8. The van der Waals surface area contributed by atoms with Crippen LogP contribution < -0.4 is 0 Å². The Balaban J connectivity index is 3.97. The van der Waals surface area contributed by atoms with Gasteiger partial charge in [-0.3, -0.25) is 4.57 Å². The second-order valence-electron chi connectivity index (χ2n) is 1.86. The van der Waals surface area contributed by atoms with Crippen molar-refractivity contribution in [2.45, 2.75) is 6.41 Å². The van der Waals surface area contributed by atoms with Gasteiger partial charge in [-0.05, 0) is 0 Å². The average Bonchev–Trinajstić information content (AvgIpc) is 2.05. The second kappa shape index (κ2) is 5.11. The third kappa shape index (κ3) is 2.87. The molecule has 5 nitrogen and oxygen atoms in total. The van der Waals surface area contributed by atoms with Crippen LogP contribution in [0.2, 0.25) is 0 Å². The number of nitrogens with zero attached hydrogens (tertiary/aromatic N) is 1. The van der Waals surface area contributed by atoms with Crippen molar-refractivity contribution < 1.29 is 19.0 Å². The fraction of sp³-hybridized carbons (Fsp3) is 0.800. The molecule has 66 valence electrons. The Morgan fingerprint density at radius 2 is 1.82 bits per heavy atom. The molecule has 0 heterocycles. The molecule has 0 radical (unpaired) electrons. The molecule has 0 atom stereocenters. The zero-order valence-electron chi connectivity index (χ0n) is 7.16. The van der Waals surface area contributed by atoms with Crippen LogP contribution in [-0.2, 0) is 14.2 Å². The standard InChI is InChI=1S/C5H13NO4Si/c1-8-4(7)6(11)5(9-2)10-3/h5H,1-3,11H3. The molecule has 0 unspecified atom stereocenters. The maximum Gasteiger partial charge on any atom is 0.404 e. The molecule has 6 heteroatoms. The number of carbonyl (C=O) groups is 1. The molecule has 0 rings (SSSR count). The summed E-state index contributed by atoms with van der Waals surface area (Å²) in [5, 5.41) is 0. The van der Waals surface area contributed by atoms with Crippen LogP contribution in [-0.4, -0.2) is 48.8 Å².